The number of fused-ring (bicyclic) bond motifs is 1. The molecule has 0 aliphatic carbocycles. The van der Waals surface area contributed by atoms with Crippen LogP contribution in [0.2, 0.25) is 0 Å². The van der Waals surface area contributed by atoms with Crippen LogP contribution in [0.4, 0.5) is 5.95 Å². The van der Waals surface area contributed by atoms with E-state index in [0.717, 1.165) is 43.2 Å². The van der Waals surface area contributed by atoms with Crippen molar-refractivity contribution in [3.63, 3.8) is 0 Å². The van der Waals surface area contributed by atoms with Gasteiger partial charge in [-0.2, -0.15) is 0 Å². The highest BCUT2D eigenvalue weighted by Gasteiger charge is 2.17. The van der Waals surface area contributed by atoms with Gasteiger partial charge in [0.1, 0.15) is 4.64 Å². The molecule has 0 saturated carbocycles. The molecule has 0 unspecified atom stereocenters. The molecule has 3 heterocycles. The molecule has 92 valence electrons. The highest BCUT2D eigenvalue weighted by atomic mass is 32.1. The van der Waals surface area contributed by atoms with Gasteiger partial charge in [0.15, 0.2) is 0 Å². The minimum atomic E-state index is 0.770. The zero-order chi connectivity index (χ0) is 11.7. The number of hydrogen-bond acceptors (Lipinski definition) is 4. The number of nitrogens with zero attached hydrogens (tertiary/aromatic N) is 2. The summed E-state index contributed by atoms with van der Waals surface area (Å²) in [6.07, 6.45) is 4.90. The maximum absolute atomic E-state index is 5.40. The molecule has 17 heavy (non-hydrogen) atoms. The summed E-state index contributed by atoms with van der Waals surface area (Å²) in [6, 6.07) is 0. The minimum absolute atomic E-state index is 0.770. The van der Waals surface area contributed by atoms with Crippen LogP contribution in [0.3, 0.4) is 0 Å². The molecule has 3 rings (SSSR count). The zero-order valence-corrected chi connectivity index (χ0v) is 10.8. The van der Waals surface area contributed by atoms with Gasteiger partial charge in [0.25, 0.3) is 0 Å². The van der Waals surface area contributed by atoms with E-state index in [1.54, 1.807) is 0 Å². The van der Waals surface area contributed by atoms with Crippen LogP contribution in [-0.4, -0.2) is 29.6 Å². The van der Waals surface area contributed by atoms with Gasteiger partial charge in [-0.15, -0.1) is 0 Å². The van der Waals surface area contributed by atoms with Crippen LogP contribution in [0.25, 0.3) is 0 Å². The molecule has 5 heteroatoms. The fourth-order valence-electron chi connectivity index (χ4n) is 2.61. The van der Waals surface area contributed by atoms with E-state index in [4.69, 9.17) is 12.2 Å². The van der Waals surface area contributed by atoms with Crippen LogP contribution in [0.15, 0.2) is 0 Å². The Bertz CT molecular complexity index is 462. The summed E-state index contributed by atoms with van der Waals surface area (Å²) in [7, 11) is 0. The van der Waals surface area contributed by atoms with Gasteiger partial charge in [-0.05, 0) is 19.3 Å². The van der Waals surface area contributed by atoms with Crippen molar-refractivity contribution < 1.29 is 0 Å². The summed E-state index contributed by atoms with van der Waals surface area (Å²) in [5.74, 6) is 0.982. The fourth-order valence-corrected chi connectivity index (χ4v) is 2.89. The zero-order valence-electron chi connectivity index (χ0n) is 9.96. The van der Waals surface area contributed by atoms with Crippen LogP contribution >= 0.6 is 12.2 Å². The number of aromatic nitrogens is 2. The second-order valence-corrected chi connectivity index (χ2v) is 5.18. The largest absolute Gasteiger partial charge is 0.342 e. The molecule has 0 spiro atoms. The van der Waals surface area contributed by atoms with Crippen molar-refractivity contribution >= 4 is 18.2 Å². The van der Waals surface area contributed by atoms with Gasteiger partial charge in [0, 0.05) is 43.9 Å². The first-order valence-corrected chi connectivity index (χ1v) is 6.83. The van der Waals surface area contributed by atoms with E-state index in [1.165, 1.54) is 30.5 Å². The number of aromatic amines is 1. The molecule has 1 fully saturated rings. The van der Waals surface area contributed by atoms with E-state index in [0.29, 0.717) is 0 Å². The normalized spacial score (nSPS) is 20.1. The van der Waals surface area contributed by atoms with Crippen LogP contribution in [0.5, 0.6) is 0 Å². The van der Waals surface area contributed by atoms with E-state index >= 15 is 0 Å². The summed E-state index contributed by atoms with van der Waals surface area (Å²) in [5.41, 5.74) is 2.47. The van der Waals surface area contributed by atoms with E-state index < -0.39 is 0 Å². The lowest BCUT2D eigenvalue weighted by molar-refractivity contribution is 0.562. The smallest absolute Gasteiger partial charge is 0.204 e. The Morgan fingerprint density at radius 2 is 2.00 bits per heavy atom. The first-order chi connectivity index (χ1) is 8.34. The molecular weight excluding hydrogens is 232 g/mol. The summed E-state index contributed by atoms with van der Waals surface area (Å²) in [6.45, 7) is 4.10. The van der Waals surface area contributed by atoms with Crippen LogP contribution in [0.1, 0.15) is 30.5 Å². The second kappa shape index (κ2) is 4.74. The number of rotatable bonds is 1. The number of anilines is 1. The molecule has 0 atom stereocenters. The number of H-pyrrole nitrogens is 1. The third kappa shape index (κ3) is 2.21. The van der Waals surface area contributed by atoms with Gasteiger partial charge >= 0.3 is 0 Å². The van der Waals surface area contributed by atoms with Gasteiger partial charge in [-0.3, -0.25) is 0 Å². The van der Waals surface area contributed by atoms with Crippen molar-refractivity contribution in [3.05, 3.63) is 15.9 Å². The Kier molecular flexibility index (Phi) is 3.11. The molecule has 1 aromatic rings. The monoisotopic (exact) mass is 250 g/mol. The molecule has 0 aromatic carbocycles. The molecule has 0 bridgehead atoms. The van der Waals surface area contributed by atoms with E-state index in [-0.39, 0.29) is 0 Å². The molecule has 0 amide bonds. The van der Waals surface area contributed by atoms with Crippen molar-refractivity contribution in [2.75, 3.05) is 24.5 Å². The topological polar surface area (TPSA) is 44.0 Å². The highest BCUT2D eigenvalue weighted by Crippen LogP contribution is 2.19. The lowest BCUT2D eigenvalue weighted by Crippen LogP contribution is -2.33. The van der Waals surface area contributed by atoms with Gasteiger partial charge in [0.2, 0.25) is 5.95 Å². The first-order valence-electron chi connectivity index (χ1n) is 6.42. The summed E-state index contributed by atoms with van der Waals surface area (Å²) in [5, 5.41) is 3.34. The Morgan fingerprint density at radius 1 is 1.18 bits per heavy atom. The number of nitrogens with one attached hydrogen (secondary N) is 2. The third-order valence-electron chi connectivity index (χ3n) is 3.60. The maximum Gasteiger partial charge on any atom is 0.204 e. The van der Waals surface area contributed by atoms with Crippen molar-refractivity contribution in [2.24, 2.45) is 0 Å². The summed E-state index contributed by atoms with van der Waals surface area (Å²) >= 11 is 5.40. The van der Waals surface area contributed by atoms with E-state index in [2.05, 4.69) is 20.2 Å². The van der Waals surface area contributed by atoms with Gasteiger partial charge in [-0.25, -0.2) is 4.98 Å². The molecule has 2 N–H and O–H groups in total. The summed E-state index contributed by atoms with van der Waals surface area (Å²) < 4.78 is 0.770. The number of hydrogen-bond donors (Lipinski definition) is 2. The van der Waals surface area contributed by atoms with Crippen LogP contribution < -0.4 is 10.2 Å². The molecule has 2 aliphatic rings. The third-order valence-corrected chi connectivity index (χ3v) is 3.94. The quantitative estimate of drug-likeness (QED) is 0.746. The van der Waals surface area contributed by atoms with E-state index in [9.17, 15) is 0 Å². The van der Waals surface area contributed by atoms with Gasteiger partial charge < -0.3 is 15.2 Å². The molecule has 0 radical (unpaired) electrons. The van der Waals surface area contributed by atoms with Crippen molar-refractivity contribution in [1.82, 2.24) is 15.3 Å². The molecule has 2 aliphatic heterocycles. The highest BCUT2D eigenvalue weighted by molar-refractivity contribution is 7.71. The Hall–Kier alpha value is -0.940. The fraction of sp³-hybridized carbons (Fsp3) is 0.667. The summed E-state index contributed by atoms with van der Waals surface area (Å²) in [4.78, 5) is 10.4. The maximum atomic E-state index is 5.40. The SMILES string of the molecule is S=c1nc(N2CCCCC2)[nH]c2c1CNCC2. The Morgan fingerprint density at radius 3 is 2.82 bits per heavy atom. The average molecular weight is 250 g/mol. The molecule has 4 nitrogen and oxygen atoms in total. The second-order valence-electron chi connectivity index (χ2n) is 4.80. The van der Waals surface area contributed by atoms with Crippen molar-refractivity contribution in [1.29, 1.82) is 0 Å². The average Bonchev–Trinajstić information content (AvgIpc) is 2.40. The minimum Gasteiger partial charge on any atom is -0.342 e. The van der Waals surface area contributed by atoms with Gasteiger partial charge in [0.05, 0.1) is 0 Å². The Labute approximate surface area is 106 Å². The number of piperidine rings is 1. The predicted molar refractivity (Wildman–Crippen MR) is 70.9 cm³/mol. The molecule has 1 saturated heterocycles. The lowest BCUT2D eigenvalue weighted by atomic mass is 10.1. The van der Waals surface area contributed by atoms with Crippen molar-refractivity contribution in [3.8, 4) is 0 Å². The predicted octanol–water partition coefficient (Wildman–Crippen LogP) is 1.78. The first kappa shape index (κ1) is 11.2. The lowest BCUT2D eigenvalue weighted by Gasteiger charge is -2.28. The van der Waals surface area contributed by atoms with Gasteiger partial charge in [-0.1, -0.05) is 12.2 Å². The molecule has 1 aromatic heterocycles. The van der Waals surface area contributed by atoms with E-state index in [1.807, 2.05) is 0 Å². The molecular formula is C12H18N4S. The van der Waals surface area contributed by atoms with Crippen molar-refractivity contribution in [2.45, 2.75) is 32.2 Å². The standard InChI is InChI=1S/C12H18N4S/c17-11-9-8-13-5-4-10(9)14-12(15-11)16-6-2-1-3-7-16/h13H,1-8H2,(H,14,15,17). The van der Waals surface area contributed by atoms with Crippen LogP contribution in [-0.2, 0) is 13.0 Å². The Balaban J connectivity index is 1.95. The van der Waals surface area contributed by atoms with Crippen LogP contribution in [0, 0.1) is 4.64 Å².